The molecule has 1 fully saturated rings. The maximum atomic E-state index is 12.8. The van der Waals surface area contributed by atoms with Crippen molar-refractivity contribution in [3.63, 3.8) is 0 Å². The smallest absolute Gasteiger partial charge is 0.329 e. The van der Waals surface area contributed by atoms with Gasteiger partial charge in [-0.1, -0.05) is 0 Å². The Morgan fingerprint density at radius 3 is 2.92 bits per heavy atom. The van der Waals surface area contributed by atoms with Crippen LogP contribution < -0.4 is 9.47 Å². The predicted octanol–water partition coefficient (Wildman–Crippen LogP) is 2.62. The van der Waals surface area contributed by atoms with E-state index >= 15 is 0 Å². The summed E-state index contributed by atoms with van der Waals surface area (Å²) < 4.78 is 10.7. The summed E-state index contributed by atoms with van der Waals surface area (Å²) in [5, 5.41) is 11.8. The Labute approximate surface area is 147 Å². The number of nitrogens with zero attached hydrogens (tertiary/aromatic N) is 2. The standard InChI is InChI=1S/C17H16N2O5S/c1-17(16(21)22)5-2-6-19(17)15(20)11-8-25-14(18-11)10-3-4-12-13(7-10)24-9-23-12/h3-4,7-8H,2,5-6,9H2,1H3,(H,21,22). The number of aliphatic carboxylic acids is 1. The van der Waals surface area contributed by atoms with Gasteiger partial charge in [0.05, 0.1) is 0 Å². The Kier molecular flexibility index (Phi) is 3.64. The van der Waals surface area contributed by atoms with Crippen molar-refractivity contribution in [2.75, 3.05) is 13.3 Å². The molecule has 0 bridgehead atoms. The van der Waals surface area contributed by atoms with Gasteiger partial charge in [0.1, 0.15) is 16.2 Å². The van der Waals surface area contributed by atoms with Gasteiger partial charge in [-0.05, 0) is 38.0 Å². The molecule has 1 unspecified atom stereocenters. The van der Waals surface area contributed by atoms with Crippen LogP contribution in [0.1, 0.15) is 30.3 Å². The number of hydrogen-bond donors (Lipinski definition) is 1. The van der Waals surface area contributed by atoms with Gasteiger partial charge in [-0.3, -0.25) is 4.79 Å². The van der Waals surface area contributed by atoms with E-state index < -0.39 is 11.5 Å². The first-order chi connectivity index (χ1) is 12.0. The number of aromatic nitrogens is 1. The van der Waals surface area contributed by atoms with Crippen molar-refractivity contribution < 1.29 is 24.2 Å². The van der Waals surface area contributed by atoms with Crippen LogP contribution in [0.15, 0.2) is 23.6 Å². The molecule has 0 radical (unpaired) electrons. The Hall–Kier alpha value is -2.61. The summed E-state index contributed by atoms with van der Waals surface area (Å²) in [5.74, 6) is 0.0136. The van der Waals surface area contributed by atoms with E-state index in [4.69, 9.17) is 9.47 Å². The fourth-order valence-electron chi connectivity index (χ4n) is 3.18. The number of likely N-dealkylation sites (tertiary alicyclic amines) is 1. The summed E-state index contributed by atoms with van der Waals surface area (Å²) in [6.45, 7) is 2.22. The molecule has 1 atom stereocenters. The number of amides is 1. The summed E-state index contributed by atoms with van der Waals surface area (Å²) in [6, 6.07) is 5.49. The topological polar surface area (TPSA) is 89.0 Å². The minimum absolute atomic E-state index is 0.198. The highest BCUT2D eigenvalue weighted by Gasteiger charge is 2.46. The van der Waals surface area contributed by atoms with Crippen LogP contribution in [0.3, 0.4) is 0 Å². The molecule has 1 amide bonds. The number of hydrogen-bond acceptors (Lipinski definition) is 6. The second-order valence-corrected chi connectivity index (χ2v) is 7.10. The molecule has 25 heavy (non-hydrogen) atoms. The molecule has 1 N–H and O–H groups in total. The van der Waals surface area contributed by atoms with Crippen LogP contribution in [-0.4, -0.2) is 45.7 Å². The van der Waals surface area contributed by atoms with Crippen LogP contribution in [0.2, 0.25) is 0 Å². The van der Waals surface area contributed by atoms with Gasteiger partial charge >= 0.3 is 5.97 Å². The van der Waals surface area contributed by atoms with Gasteiger partial charge < -0.3 is 19.5 Å². The summed E-state index contributed by atoms with van der Waals surface area (Å²) >= 11 is 1.34. The summed E-state index contributed by atoms with van der Waals surface area (Å²) in [4.78, 5) is 30.2. The fraction of sp³-hybridized carbons (Fsp3) is 0.353. The SMILES string of the molecule is CC1(C(=O)O)CCCN1C(=O)c1csc(-c2ccc3c(c2)OCO3)n1. The average molecular weight is 360 g/mol. The van der Waals surface area contributed by atoms with Crippen LogP contribution in [0.25, 0.3) is 10.6 Å². The van der Waals surface area contributed by atoms with E-state index in [-0.39, 0.29) is 18.4 Å². The first-order valence-electron chi connectivity index (χ1n) is 7.90. The molecule has 2 aliphatic heterocycles. The highest BCUT2D eigenvalue weighted by molar-refractivity contribution is 7.13. The first kappa shape index (κ1) is 15.9. The van der Waals surface area contributed by atoms with Crippen LogP contribution in [0.5, 0.6) is 11.5 Å². The van der Waals surface area contributed by atoms with E-state index in [1.807, 2.05) is 18.2 Å². The third kappa shape index (κ3) is 2.53. The lowest BCUT2D eigenvalue weighted by Gasteiger charge is -2.30. The molecule has 0 spiro atoms. The fourth-order valence-corrected chi connectivity index (χ4v) is 3.97. The molecule has 8 heteroatoms. The molecular formula is C17H16N2O5S. The van der Waals surface area contributed by atoms with Gasteiger partial charge in [-0.15, -0.1) is 11.3 Å². The van der Waals surface area contributed by atoms with Crippen molar-refractivity contribution in [2.24, 2.45) is 0 Å². The maximum Gasteiger partial charge on any atom is 0.329 e. The van der Waals surface area contributed by atoms with E-state index in [0.29, 0.717) is 35.9 Å². The number of carbonyl (C=O) groups excluding carboxylic acids is 1. The lowest BCUT2D eigenvalue weighted by molar-refractivity contribution is -0.147. The van der Waals surface area contributed by atoms with E-state index in [1.54, 1.807) is 12.3 Å². The molecule has 2 aromatic rings. The molecule has 1 aromatic heterocycles. The van der Waals surface area contributed by atoms with Crippen molar-refractivity contribution in [1.29, 1.82) is 0 Å². The zero-order valence-electron chi connectivity index (χ0n) is 13.5. The highest BCUT2D eigenvalue weighted by Crippen LogP contribution is 2.37. The summed E-state index contributed by atoms with van der Waals surface area (Å²) in [5.41, 5.74) is -0.0673. The van der Waals surface area contributed by atoms with E-state index in [9.17, 15) is 14.7 Å². The molecule has 7 nitrogen and oxygen atoms in total. The summed E-state index contributed by atoms with van der Waals surface area (Å²) in [7, 11) is 0. The Balaban J connectivity index is 1.61. The lowest BCUT2D eigenvalue weighted by atomic mass is 9.99. The van der Waals surface area contributed by atoms with Gasteiger partial charge in [0, 0.05) is 17.5 Å². The summed E-state index contributed by atoms with van der Waals surface area (Å²) in [6.07, 6.45) is 1.13. The largest absolute Gasteiger partial charge is 0.480 e. The molecule has 0 aliphatic carbocycles. The monoisotopic (exact) mass is 360 g/mol. The Morgan fingerprint density at radius 2 is 2.12 bits per heavy atom. The van der Waals surface area contributed by atoms with Crippen molar-refractivity contribution >= 4 is 23.2 Å². The van der Waals surface area contributed by atoms with E-state index in [1.165, 1.54) is 16.2 Å². The molecular weight excluding hydrogens is 344 g/mol. The molecule has 2 aliphatic rings. The van der Waals surface area contributed by atoms with Crippen LogP contribution in [0.4, 0.5) is 0 Å². The number of thiazole rings is 1. The van der Waals surface area contributed by atoms with Gasteiger partial charge in [-0.25, -0.2) is 9.78 Å². The van der Waals surface area contributed by atoms with Crippen LogP contribution >= 0.6 is 11.3 Å². The Morgan fingerprint density at radius 1 is 1.32 bits per heavy atom. The number of fused-ring (bicyclic) bond motifs is 1. The number of ether oxygens (including phenoxy) is 2. The second-order valence-electron chi connectivity index (χ2n) is 6.25. The molecule has 3 heterocycles. The number of benzene rings is 1. The second kappa shape index (κ2) is 5.73. The molecule has 1 saturated heterocycles. The van der Waals surface area contributed by atoms with Gasteiger partial charge in [0.2, 0.25) is 6.79 Å². The van der Waals surface area contributed by atoms with Gasteiger partial charge in [0.25, 0.3) is 5.91 Å². The maximum absolute atomic E-state index is 12.8. The molecule has 1 aromatic carbocycles. The number of carboxylic acid groups (broad SMARTS) is 1. The number of carbonyl (C=O) groups is 2. The lowest BCUT2D eigenvalue weighted by Crippen LogP contribution is -2.50. The molecule has 4 rings (SSSR count). The third-order valence-corrected chi connectivity index (χ3v) is 5.58. The first-order valence-corrected chi connectivity index (χ1v) is 8.78. The highest BCUT2D eigenvalue weighted by atomic mass is 32.1. The zero-order chi connectivity index (χ0) is 17.6. The van der Waals surface area contributed by atoms with Crippen molar-refractivity contribution in [1.82, 2.24) is 9.88 Å². The van der Waals surface area contributed by atoms with Crippen molar-refractivity contribution in [3.8, 4) is 22.1 Å². The van der Waals surface area contributed by atoms with Crippen molar-refractivity contribution in [2.45, 2.75) is 25.3 Å². The minimum Gasteiger partial charge on any atom is -0.480 e. The quantitative estimate of drug-likeness (QED) is 0.905. The van der Waals surface area contributed by atoms with Crippen molar-refractivity contribution in [3.05, 3.63) is 29.3 Å². The van der Waals surface area contributed by atoms with E-state index in [2.05, 4.69) is 4.98 Å². The normalized spacial score (nSPS) is 21.6. The molecule has 0 saturated carbocycles. The average Bonchev–Trinajstić information content (AvgIpc) is 3.33. The van der Waals surface area contributed by atoms with E-state index in [0.717, 1.165) is 5.56 Å². The van der Waals surface area contributed by atoms with Crippen LogP contribution in [-0.2, 0) is 4.79 Å². The van der Waals surface area contributed by atoms with Gasteiger partial charge in [-0.2, -0.15) is 0 Å². The minimum atomic E-state index is -1.17. The third-order valence-electron chi connectivity index (χ3n) is 4.69. The number of carboxylic acids is 1. The number of rotatable bonds is 3. The predicted molar refractivity (Wildman–Crippen MR) is 90.0 cm³/mol. The zero-order valence-corrected chi connectivity index (χ0v) is 14.3. The Bertz CT molecular complexity index is 864. The van der Waals surface area contributed by atoms with Crippen LogP contribution in [0, 0.1) is 0 Å². The molecule has 130 valence electrons. The van der Waals surface area contributed by atoms with Gasteiger partial charge in [0.15, 0.2) is 11.5 Å².